The van der Waals surface area contributed by atoms with Crippen LogP contribution in [0.25, 0.3) is 0 Å². The number of aliphatic imine (C=N–C) groups is 1. The summed E-state index contributed by atoms with van der Waals surface area (Å²) >= 11 is 6.08. The fraction of sp³-hybridized carbons (Fsp3) is 0.125. The summed E-state index contributed by atoms with van der Waals surface area (Å²) in [7, 11) is 0. The molecule has 0 fully saturated rings. The minimum absolute atomic E-state index is 0.122. The van der Waals surface area contributed by atoms with Gasteiger partial charge in [0.25, 0.3) is 5.91 Å². The predicted molar refractivity (Wildman–Crippen MR) is 121 cm³/mol. The highest BCUT2D eigenvalue weighted by Crippen LogP contribution is 2.41. The number of fused-ring (bicyclic) bond motifs is 3. The van der Waals surface area contributed by atoms with Crippen molar-refractivity contribution in [2.24, 2.45) is 4.99 Å². The molecule has 7 heteroatoms. The smallest absolute Gasteiger partial charge is 0.286 e. The average Bonchev–Trinajstić information content (AvgIpc) is 3.16. The molecule has 0 N–H and O–H groups in total. The molecule has 3 heterocycles. The summed E-state index contributed by atoms with van der Waals surface area (Å²) in [6.45, 7) is 1.77. The molecule has 1 atom stereocenters. The lowest BCUT2D eigenvalue weighted by molar-refractivity contribution is 0.0823. The van der Waals surface area contributed by atoms with E-state index in [1.807, 2.05) is 90.8 Å². The lowest BCUT2D eigenvalue weighted by Gasteiger charge is -2.31. The van der Waals surface area contributed by atoms with E-state index in [1.54, 1.807) is 0 Å². The molecular weight excluding hydrogens is 412 g/mol. The lowest BCUT2D eigenvalue weighted by Crippen LogP contribution is -2.34. The fourth-order valence-corrected chi connectivity index (χ4v) is 3.90. The Balaban J connectivity index is 1.55. The van der Waals surface area contributed by atoms with E-state index in [0.29, 0.717) is 16.6 Å². The Morgan fingerprint density at radius 3 is 2.65 bits per heavy atom. The number of carbonyl (C=O) groups excluding carboxylic acids is 1. The van der Waals surface area contributed by atoms with Gasteiger partial charge in [0.15, 0.2) is 12.4 Å². The number of rotatable bonds is 4. The topological polar surface area (TPSA) is 59.7 Å². The number of carbonyl (C=O) groups is 1. The molecule has 6 nitrogen and oxygen atoms in total. The predicted octanol–water partition coefficient (Wildman–Crippen LogP) is 4.96. The monoisotopic (exact) mass is 430 g/mol. The van der Waals surface area contributed by atoms with Crippen LogP contribution in [0.2, 0.25) is 5.02 Å². The van der Waals surface area contributed by atoms with E-state index in [2.05, 4.69) is 5.10 Å². The van der Waals surface area contributed by atoms with Crippen LogP contribution < -0.4 is 9.64 Å². The summed E-state index contributed by atoms with van der Waals surface area (Å²) in [5.41, 5.74) is 2.62. The zero-order valence-electron chi connectivity index (χ0n) is 16.8. The first-order valence-corrected chi connectivity index (χ1v) is 10.3. The van der Waals surface area contributed by atoms with Gasteiger partial charge in [-0.1, -0.05) is 48.0 Å². The van der Waals surface area contributed by atoms with E-state index in [0.717, 1.165) is 22.7 Å². The van der Waals surface area contributed by atoms with Gasteiger partial charge in [-0.05, 0) is 48.9 Å². The van der Waals surface area contributed by atoms with E-state index in [9.17, 15) is 4.79 Å². The van der Waals surface area contributed by atoms with Gasteiger partial charge in [0.2, 0.25) is 0 Å². The molecule has 0 amide bonds. The number of nitrogens with zero attached hydrogens (tertiary/aromatic N) is 4. The molecule has 154 valence electrons. The summed E-state index contributed by atoms with van der Waals surface area (Å²) in [6.07, 6.45) is 7.64. The van der Waals surface area contributed by atoms with E-state index >= 15 is 0 Å². The third kappa shape index (κ3) is 3.55. The first-order chi connectivity index (χ1) is 15.1. The molecule has 0 bridgehead atoms. The van der Waals surface area contributed by atoms with Crippen LogP contribution in [-0.4, -0.2) is 28.1 Å². The Labute approximate surface area is 184 Å². The molecule has 0 aliphatic carbocycles. The molecule has 0 saturated carbocycles. The van der Waals surface area contributed by atoms with Gasteiger partial charge in [-0.25, -0.2) is 0 Å². The van der Waals surface area contributed by atoms with Gasteiger partial charge in [-0.15, -0.1) is 0 Å². The summed E-state index contributed by atoms with van der Waals surface area (Å²) in [6, 6.07) is 16.6. The van der Waals surface area contributed by atoms with Crippen LogP contribution >= 0.6 is 11.6 Å². The van der Waals surface area contributed by atoms with Crippen molar-refractivity contribution in [1.82, 2.24) is 9.78 Å². The molecule has 3 aromatic rings. The Hall–Kier alpha value is -3.64. The number of aromatic nitrogens is 2. The maximum atomic E-state index is 13.1. The Kier molecular flexibility index (Phi) is 4.92. The largest absolute Gasteiger partial charge is 0.484 e. The van der Waals surface area contributed by atoms with Crippen molar-refractivity contribution in [2.45, 2.75) is 13.0 Å². The molecular formula is C24H19ClN4O2. The maximum Gasteiger partial charge on any atom is 0.286 e. The number of benzene rings is 2. The summed E-state index contributed by atoms with van der Waals surface area (Å²) in [5.74, 6) is 1.81. The molecule has 5 rings (SSSR count). The van der Waals surface area contributed by atoms with Crippen molar-refractivity contribution in [3.8, 4) is 5.75 Å². The van der Waals surface area contributed by atoms with Crippen LogP contribution in [0.4, 0.5) is 5.82 Å². The quantitative estimate of drug-likeness (QED) is 0.587. The Morgan fingerprint density at radius 2 is 1.87 bits per heavy atom. The van der Waals surface area contributed by atoms with Crippen molar-refractivity contribution in [2.75, 3.05) is 11.5 Å². The number of allylic oxidation sites excluding steroid dienone is 2. The third-order valence-electron chi connectivity index (χ3n) is 5.21. The summed E-state index contributed by atoms with van der Waals surface area (Å²) in [5, 5.41) is 5.24. The molecule has 31 heavy (non-hydrogen) atoms. The number of anilines is 1. The highest BCUT2D eigenvalue weighted by atomic mass is 35.5. The van der Waals surface area contributed by atoms with Gasteiger partial charge in [-0.3, -0.25) is 14.7 Å². The standard InChI is InChI=1S/C24H19ClN4O2/c1-16-22-23(17-10-12-18(25)13-11-17)26-20-9-5-6-14-28(20)24(22)29(27-16)21(30)15-31-19-7-3-2-4-8-19/h2-14,23H,15H2,1H3. The van der Waals surface area contributed by atoms with Gasteiger partial charge >= 0.3 is 0 Å². The average molecular weight is 431 g/mol. The van der Waals surface area contributed by atoms with Crippen LogP contribution in [0.3, 0.4) is 0 Å². The molecule has 1 aromatic heterocycles. The second kappa shape index (κ2) is 7.89. The number of hydrogen-bond donors (Lipinski definition) is 0. The number of para-hydroxylation sites is 1. The van der Waals surface area contributed by atoms with Gasteiger partial charge in [-0.2, -0.15) is 9.78 Å². The van der Waals surface area contributed by atoms with Crippen molar-refractivity contribution in [3.63, 3.8) is 0 Å². The van der Waals surface area contributed by atoms with Gasteiger partial charge < -0.3 is 4.74 Å². The van der Waals surface area contributed by atoms with Crippen molar-refractivity contribution in [1.29, 1.82) is 0 Å². The first kappa shape index (κ1) is 19.3. The van der Waals surface area contributed by atoms with Crippen LogP contribution in [0, 0.1) is 6.92 Å². The van der Waals surface area contributed by atoms with E-state index < -0.39 is 0 Å². The second-order valence-electron chi connectivity index (χ2n) is 7.24. The number of ether oxygens (including phenoxy) is 1. The van der Waals surface area contributed by atoms with Crippen LogP contribution in [0.1, 0.15) is 27.7 Å². The number of aryl methyl sites for hydroxylation is 1. The second-order valence-corrected chi connectivity index (χ2v) is 7.68. The number of amidine groups is 1. The normalized spacial score (nSPS) is 16.5. The zero-order chi connectivity index (χ0) is 21.4. The fourth-order valence-electron chi connectivity index (χ4n) is 3.78. The summed E-state index contributed by atoms with van der Waals surface area (Å²) in [4.78, 5) is 19.9. The first-order valence-electron chi connectivity index (χ1n) is 9.90. The molecule has 2 aliphatic rings. The van der Waals surface area contributed by atoms with Crippen LogP contribution in [0.15, 0.2) is 84.0 Å². The highest BCUT2D eigenvalue weighted by Gasteiger charge is 2.35. The number of halogens is 1. The molecule has 0 saturated heterocycles. The molecule has 2 aliphatic heterocycles. The van der Waals surface area contributed by atoms with Gasteiger partial charge in [0.1, 0.15) is 17.6 Å². The number of hydrogen-bond acceptors (Lipinski definition) is 5. The Bertz CT molecular complexity index is 1230. The van der Waals surface area contributed by atoms with Crippen molar-refractivity contribution < 1.29 is 9.53 Å². The van der Waals surface area contributed by atoms with Crippen LogP contribution in [-0.2, 0) is 0 Å². The van der Waals surface area contributed by atoms with Crippen molar-refractivity contribution >= 4 is 29.2 Å². The van der Waals surface area contributed by atoms with E-state index in [-0.39, 0.29) is 18.6 Å². The van der Waals surface area contributed by atoms with Gasteiger partial charge in [0.05, 0.1) is 5.69 Å². The third-order valence-corrected chi connectivity index (χ3v) is 5.46. The molecule has 2 aromatic carbocycles. The SMILES string of the molecule is Cc1nn(C(=O)COc2ccccc2)c2c1C(c1ccc(Cl)cc1)N=C1C=CC=CN12. The van der Waals surface area contributed by atoms with E-state index in [4.69, 9.17) is 21.3 Å². The van der Waals surface area contributed by atoms with Gasteiger partial charge in [0, 0.05) is 16.8 Å². The molecule has 0 spiro atoms. The maximum absolute atomic E-state index is 13.1. The van der Waals surface area contributed by atoms with Crippen molar-refractivity contribution in [3.05, 3.63) is 101 Å². The highest BCUT2D eigenvalue weighted by molar-refractivity contribution is 6.30. The molecule has 0 radical (unpaired) electrons. The summed E-state index contributed by atoms with van der Waals surface area (Å²) < 4.78 is 7.10. The van der Waals surface area contributed by atoms with E-state index in [1.165, 1.54) is 4.68 Å². The lowest BCUT2D eigenvalue weighted by atomic mass is 9.97. The minimum atomic E-state index is -0.286. The minimum Gasteiger partial charge on any atom is -0.484 e. The zero-order valence-corrected chi connectivity index (χ0v) is 17.5. The molecule has 1 unspecified atom stereocenters. The van der Waals surface area contributed by atoms with Crippen LogP contribution in [0.5, 0.6) is 5.75 Å². The Morgan fingerprint density at radius 1 is 1.10 bits per heavy atom.